The van der Waals surface area contributed by atoms with Crippen molar-refractivity contribution in [1.29, 1.82) is 0 Å². The second-order valence-electron chi connectivity index (χ2n) is 4.99. The molecule has 2 rings (SSSR count). The van der Waals surface area contributed by atoms with Crippen molar-refractivity contribution in [3.8, 4) is 0 Å². The van der Waals surface area contributed by atoms with Crippen LogP contribution in [0.25, 0.3) is 0 Å². The van der Waals surface area contributed by atoms with Crippen molar-refractivity contribution in [2.24, 2.45) is 11.8 Å². The molecule has 2 radical (unpaired) electrons. The van der Waals surface area contributed by atoms with E-state index in [-0.39, 0.29) is 0 Å². The Labute approximate surface area is 99.4 Å². The van der Waals surface area contributed by atoms with E-state index in [4.69, 9.17) is 0 Å². The lowest BCUT2D eigenvalue weighted by atomic mass is 9.81. The summed E-state index contributed by atoms with van der Waals surface area (Å²) in [5.74, 6) is 1.21. The Morgan fingerprint density at radius 3 is 2.69 bits per heavy atom. The maximum Gasteiger partial charge on any atom is -0.0109 e. The molecule has 0 saturated heterocycles. The normalized spacial score (nSPS) is 25.3. The highest BCUT2D eigenvalue weighted by Gasteiger charge is 2.18. The van der Waals surface area contributed by atoms with E-state index >= 15 is 0 Å². The lowest BCUT2D eigenvalue weighted by Crippen LogP contribution is -2.14. The van der Waals surface area contributed by atoms with Crippen LogP contribution >= 0.6 is 0 Å². The summed E-state index contributed by atoms with van der Waals surface area (Å²) >= 11 is 0. The second-order valence-corrected chi connectivity index (χ2v) is 4.99. The molecule has 0 N–H and O–H groups in total. The summed E-state index contributed by atoms with van der Waals surface area (Å²) in [5, 5.41) is 0. The van der Waals surface area contributed by atoms with Gasteiger partial charge in [0.05, 0.1) is 0 Å². The first-order valence-electron chi connectivity index (χ1n) is 6.07. The van der Waals surface area contributed by atoms with Crippen LogP contribution < -0.4 is 0 Å². The van der Waals surface area contributed by atoms with Crippen LogP contribution in [0.5, 0.6) is 0 Å². The van der Waals surface area contributed by atoms with Crippen molar-refractivity contribution in [2.45, 2.75) is 27.2 Å². The van der Waals surface area contributed by atoms with Gasteiger partial charge in [-0.3, -0.25) is 0 Å². The van der Waals surface area contributed by atoms with Gasteiger partial charge in [0.1, 0.15) is 0 Å². The highest BCUT2D eigenvalue weighted by Crippen LogP contribution is 2.28. The van der Waals surface area contributed by atoms with Gasteiger partial charge in [-0.05, 0) is 50.5 Å². The molecule has 16 heavy (non-hydrogen) atoms. The van der Waals surface area contributed by atoms with Gasteiger partial charge in [-0.25, -0.2) is 0 Å². The van der Waals surface area contributed by atoms with Crippen LogP contribution in [-0.4, -0.2) is 0 Å². The Kier molecular flexibility index (Phi) is 3.48. The zero-order valence-electron chi connectivity index (χ0n) is 10.4. The molecule has 0 saturated carbocycles. The standard InChI is InChI=1S/C16H20/c1-12-5-4-6-15(8-12)11-16-9-13(2)7-14(3)10-16/h4-10,13,16H,11H2,1-3H3. The fourth-order valence-electron chi connectivity index (χ4n) is 2.55. The number of aryl methyl sites for hydroxylation is 1. The molecule has 0 bridgehead atoms. The molecule has 1 aromatic rings. The van der Waals surface area contributed by atoms with Crippen LogP contribution in [0.3, 0.4) is 0 Å². The quantitative estimate of drug-likeness (QED) is 0.690. The van der Waals surface area contributed by atoms with Crippen molar-refractivity contribution in [3.63, 3.8) is 0 Å². The number of allylic oxidation sites excluding steroid dienone is 2. The predicted molar refractivity (Wildman–Crippen MR) is 69.9 cm³/mol. The summed E-state index contributed by atoms with van der Waals surface area (Å²) in [7, 11) is 0. The van der Waals surface area contributed by atoms with E-state index < -0.39 is 0 Å². The fraction of sp³-hybridized carbons (Fsp3) is 0.375. The predicted octanol–water partition coefficient (Wildman–Crippen LogP) is 4.16. The third-order valence-corrected chi connectivity index (χ3v) is 3.11. The first-order chi connectivity index (χ1) is 7.63. The number of hydrogen-bond acceptors (Lipinski definition) is 0. The lowest BCUT2D eigenvalue weighted by molar-refractivity contribution is 0.604. The molecule has 2 unspecified atom stereocenters. The Hall–Kier alpha value is -1.04. The lowest BCUT2D eigenvalue weighted by Gasteiger charge is -2.24. The number of hydrogen-bond donors (Lipinski definition) is 0. The van der Waals surface area contributed by atoms with Gasteiger partial charge in [0.25, 0.3) is 0 Å². The van der Waals surface area contributed by atoms with Gasteiger partial charge in [0.2, 0.25) is 0 Å². The van der Waals surface area contributed by atoms with Crippen LogP contribution in [0, 0.1) is 31.6 Å². The average Bonchev–Trinajstić information content (AvgIpc) is 2.15. The summed E-state index contributed by atoms with van der Waals surface area (Å²) in [6, 6.07) is 8.83. The smallest absolute Gasteiger partial charge is 0.0109 e. The first-order valence-corrected chi connectivity index (χ1v) is 6.07. The molecule has 2 atom stereocenters. The minimum atomic E-state index is 0.599. The topological polar surface area (TPSA) is 0 Å². The zero-order valence-corrected chi connectivity index (χ0v) is 10.4. The Bertz CT molecular complexity index is 387. The van der Waals surface area contributed by atoms with Crippen LogP contribution in [0.15, 0.2) is 35.9 Å². The third-order valence-electron chi connectivity index (χ3n) is 3.11. The first kappa shape index (κ1) is 11.4. The van der Waals surface area contributed by atoms with E-state index in [0.29, 0.717) is 11.8 Å². The molecule has 0 fully saturated rings. The Morgan fingerprint density at radius 1 is 1.19 bits per heavy atom. The monoisotopic (exact) mass is 212 g/mol. The van der Waals surface area contributed by atoms with E-state index in [9.17, 15) is 0 Å². The van der Waals surface area contributed by atoms with E-state index in [1.165, 1.54) is 16.7 Å². The molecule has 0 spiro atoms. The van der Waals surface area contributed by atoms with E-state index in [1.54, 1.807) is 0 Å². The van der Waals surface area contributed by atoms with E-state index in [2.05, 4.69) is 64.0 Å². The summed E-state index contributed by atoms with van der Waals surface area (Å²) in [6.07, 6.45) is 8.28. The molecular formula is C16H20. The fourth-order valence-corrected chi connectivity index (χ4v) is 2.55. The van der Waals surface area contributed by atoms with Gasteiger partial charge in [-0.15, -0.1) is 0 Å². The molecule has 0 heterocycles. The molecule has 0 nitrogen and oxygen atoms in total. The maximum atomic E-state index is 2.44. The van der Waals surface area contributed by atoms with Crippen molar-refractivity contribution >= 4 is 0 Å². The van der Waals surface area contributed by atoms with E-state index in [0.717, 1.165) is 6.42 Å². The molecule has 1 aliphatic rings. The van der Waals surface area contributed by atoms with E-state index in [1.807, 2.05) is 0 Å². The van der Waals surface area contributed by atoms with Crippen molar-refractivity contribution in [2.75, 3.05) is 0 Å². The number of benzene rings is 1. The maximum absolute atomic E-state index is 2.44. The van der Waals surface area contributed by atoms with Gasteiger partial charge in [-0.1, -0.05) is 48.4 Å². The summed E-state index contributed by atoms with van der Waals surface area (Å²) in [5.41, 5.74) is 4.22. The van der Waals surface area contributed by atoms with Gasteiger partial charge in [0.15, 0.2) is 0 Å². The van der Waals surface area contributed by atoms with Gasteiger partial charge < -0.3 is 0 Å². The van der Waals surface area contributed by atoms with Crippen LogP contribution in [-0.2, 0) is 6.42 Å². The van der Waals surface area contributed by atoms with Crippen molar-refractivity contribution in [3.05, 3.63) is 59.9 Å². The van der Waals surface area contributed by atoms with Crippen molar-refractivity contribution < 1.29 is 0 Å². The van der Waals surface area contributed by atoms with Gasteiger partial charge in [-0.2, -0.15) is 0 Å². The Balaban J connectivity index is 2.07. The van der Waals surface area contributed by atoms with Crippen LogP contribution in [0.4, 0.5) is 0 Å². The molecular weight excluding hydrogens is 192 g/mol. The molecule has 0 heteroatoms. The second kappa shape index (κ2) is 4.86. The number of rotatable bonds is 2. The Morgan fingerprint density at radius 2 is 2.00 bits per heavy atom. The molecule has 84 valence electrons. The van der Waals surface area contributed by atoms with Crippen LogP contribution in [0.2, 0.25) is 0 Å². The highest BCUT2D eigenvalue weighted by atomic mass is 14.2. The largest absolute Gasteiger partial charge is 0.0816 e. The van der Waals surface area contributed by atoms with Gasteiger partial charge in [0, 0.05) is 0 Å². The molecule has 0 aromatic heterocycles. The minimum absolute atomic E-state index is 0.599. The van der Waals surface area contributed by atoms with Crippen molar-refractivity contribution in [1.82, 2.24) is 0 Å². The summed E-state index contributed by atoms with van der Waals surface area (Å²) in [4.78, 5) is 0. The average molecular weight is 212 g/mol. The minimum Gasteiger partial charge on any atom is -0.0816 e. The molecule has 0 amide bonds. The molecule has 0 aliphatic heterocycles. The highest BCUT2D eigenvalue weighted by molar-refractivity contribution is 5.27. The van der Waals surface area contributed by atoms with Crippen LogP contribution in [0.1, 0.15) is 25.0 Å². The van der Waals surface area contributed by atoms with Gasteiger partial charge >= 0.3 is 0 Å². The summed E-state index contributed by atoms with van der Waals surface area (Å²) in [6.45, 7) is 6.62. The third kappa shape index (κ3) is 2.98. The SMILES string of the molecule is CC1=CC(Cc2cccc(C)c2)[CH]C(C)[CH]1. The molecule has 1 aliphatic carbocycles. The molecule has 1 aromatic carbocycles. The zero-order chi connectivity index (χ0) is 11.5. The summed E-state index contributed by atoms with van der Waals surface area (Å²) < 4.78 is 0.